The predicted octanol–water partition coefficient (Wildman–Crippen LogP) is 4.86. The molecule has 1 saturated carbocycles. The van der Waals surface area contributed by atoms with Crippen LogP contribution in [0.4, 0.5) is 0 Å². The van der Waals surface area contributed by atoms with Gasteiger partial charge >= 0.3 is 0 Å². The normalized spacial score (nSPS) is 19.5. The summed E-state index contributed by atoms with van der Waals surface area (Å²) in [6, 6.07) is 4.63. The highest BCUT2D eigenvalue weighted by Gasteiger charge is 2.29. The Morgan fingerprint density at radius 2 is 1.90 bits per heavy atom. The third-order valence-electron chi connectivity index (χ3n) is 4.70. The Balaban J connectivity index is 2.03. The Labute approximate surface area is 131 Å². The van der Waals surface area contributed by atoms with Gasteiger partial charge in [0.15, 0.2) is 0 Å². The van der Waals surface area contributed by atoms with E-state index in [-0.39, 0.29) is 0 Å². The maximum Gasteiger partial charge on any atom is 0.123 e. The first-order valence-electron chi connectivity index (χ1n) is 7.47. The van der Waals surface area contributed by atoms with Gasteiger partial charge in [0.25, 0.3) is 0 Å². The molecule has 1 aromatic carbocycles. The summed E-state index contributed by atoms with van der Waals surface area (Å²) in [7, 11) is 2.18. The number of halogens is 1. The summed E-state index contributed by atoms with van der Waals surface area (Å²) in [6.07, 6.45) is 5.12. The van der Waals surface area contributed by atoms with Gasteiger partial charge in [-0.1, -0.05) is 29.8 Å². The van der Waals surface area contributed by atoms with Gasteiger partial charge in [-0.15, -0.1) is 0 Å². The topological polar surface area (TPSA) is 23.5 Å². The lowest BCUT2D eigenvalue weighted by molar-refractivity contribution is 0.122. The summed E-state index contributed by atoms with van der Waals surface area (Å²) in [4.78, 5) is 2.40. The molecule has 0 unspecified atom stereocenters. The molecule has 0 saturated heterocycles. The zero-order chi connectivity index (χ0) is 14.9. The van der Waals surface area contributed by atoms with E-state index in [2.05, 4.69) is 41.7 Å². The number of phenols is 1. The lowest BCUT2D eigenvalue weighted by atomic mass is 9.75. The first-order valence-corrected chi connectivity index (χ1v) is 8.26. The van der Waals surface area contributed by atoms with Crippen molar-refractivity contribution >= 4 is 15.9 Å². The number of phenolic OH excluding ortho intramolecular Hbond substituents is 1. The van der Waals surface area contributed by atoms with E-state index in [1.807, 2.05) is 19.1 Å². The number of rotatable bonds is 3. The Bertz CT molecular complexity index is 474. The SMILES string of the molecule is Cc1cc(Br)cc(CN(C)C2CCC(C)(C)CC2)c1O. The van der Waals surface area contributed by atoms with Crippen LogP contribution in [0.1, 0.15) is 50.7 Å². The molecule has 1 aliphatic rings. The second-order valence-corrected chi connectivity index (χ2v) is 7.96. The highest BCUT2D eigenvalue weighted by atomic mass is 79.9. The van der Waals surface area contributed by atoms with E-state index in [1.165, 1.54) is 25.7 Å². The van der Waals surface area contributed by atoms with Gasteiger partial charge in [-0.3, -0.25) is 4.90 Å². The lowest BCUT2D eigenvalue weighted by Gasteiger charge is -2.38. The maximum atomic E-state index is 10.2. The summed E-state index contributed by atoms with van der Waals surface area (Å²) in [5.74, 6) is 0.441. The average Bonchev–Trinajstić information content (AvgIpc) is 2.35. The molecule has 0 heterocycles. The van der Waals surface area contributed by atoms with Crippen molar-refractivity contribution in [1.29, 1.82) is 0 Å². The van der Waals surface area contributed by atoms with Crippen LogP contribution in [0.3, 0.4) is 0 Å². The van der Waals surface area contributed by atoms with E-state index < -0.39 is 0 Å². The summed E-state index contributed by atoms with van der Waals surface area (Å²) in [5.41, 5.74) is 2.46. The second kappa shape index (κ2) is 6.07. The van der Waals surface area contributed by atoms with Crippen molar-refractivity contribution < 1.29 is 5.11 Å². The smallest absolute Gasteiger partial charge is 0.123 e. The number of nitrogens with zero attached hydrogens (tertiary/aromatic N) is 1. The molecule has 2 nitrogen and oxygen atoms in total. The molecular formula is C17H26BrNO. The lowest BCUT2D eigenvalue weighted by Crippen LogP contribution is -2.36. The summed E-state index contributed by atoms with van der Waals surface area (Å²) >= 11 is 3.52. The van der Waals surface area contributed by atoms with E-state index in [9.17, 15) is 5.11 Å². The fraction of sp³-hybridized carbons (Fsp3) is 0.647. The van der Waals surface area contributed by atoms with Gasteiger partial charge in [-0.2, -0.15) is 0 Å². The van der Waals surface area contributed by atoms with E-state index >= 15 is 0 Å². The van der Waals surface area contributed by atoms with Crippen molar-refractivity contribution in [2.24, 2.45) is 5.41 Å². The molecule has 0 spiro atoms. The number of hydrogen-bond donors (Lipinski definition) is 1. The number of hydrogen-bond acceptors (Lipinski definition) is 2. The number of aromatic hydroxyl groups is 1. The molecule has 0 aliphatic heterocycles. The summed E-state index contributed by atoms with van der Waals surface area (Å²) in [6.45, 7) is 7.50. The molecule has 2 rings (SSSR count). The van der Waals surface area contributed by atoms with Gasteiger partial charge in [0.1, 0.15) is 5.75 Å². The monoisotopic (exact) mass is 339 g/mol. The van der Waals surface area contributed by atoms with Crippen molar-refractivity contribution in [3.63, 3.8) is 0 Å². The Kier molecular flexibility index (Phi) is 4.80. The molecule has 0 radical (unpaired) electrons. The highest BCUT2D eigenvalue weighted by molar-refractivity contribution is 9.10. The van der Waals surface area contributed by atoms with Crippen LogP contribution in [0.25, 0.3) is 0 Å². The quantitative estimate of drug-likeness (QED) is 0.849. The van der Waals surface area contributed by atoms with E-state index in [4.69, 9.17) is 0 Å². The average molecular weight is 340 g/mol. The minimum absolute atomic E-state index is 0.441. The second-order valence-electron chi connectivity index (χ2n) is 7.04. The molecule has 1 N–H and O–H groups in total. The minimum atomic E-state index is 0.441. The van der Waals surface area contributed by atoms with Crippen LogP contribution < -0.4 is 0 Å². The third kappa shape index (κ3) is 3.76. The van der Waals surface area contributed by atoms with Crippen LogP contribution in [0.5, 0.6) is 5.75 Å². The molecular weight excluding hydrogens is 314 g/mol. The molecule has 1 aliphatic carbocycles. The van der Waals surface area contributed by atoms with Gasteiger partial charge in [0, 0.05) is 22.6 Å². The third-order valence-corrected chi connectivity index (χ3v) is 5.15. The summed E-state index contributed by atoms with van der Waals surface area (Å²) in [5, 5.41) is 10.2. The van der Waals surface area contributed by atoms with Gasteiger partial charge in [-0.05, 0) is 62.8 Å². The zero-order valence-corrected chi connectivity index (χ0v) is 14.6. The molecule has 0 amide bonds. The molecule has 112 valence electrons. The molecule has 1 aromatic rings. The van der Waals surface area contributed by atoms with Gasteiger partial charge in [0.2, 0.25) is 0 Å². The van der Waals surface area contributed by atoms with Crippen LogP contribution in [-0.4, -0.2) is 23.1 Å². The fourth-order valence-electron chi connectivity index (χ4n) is 3.15. The number of benzene rings is 1. The van der Waals surface area contributed by atoms with Crippen LogP contribution in [0.2, 0.25) is 0 Å². The van der Waals surface area contributed by atoms with E-state index in [1.54, 1.807) is 0 Å². The molecule has 0 bridgehead atoms. The zero-order valence-electron chi connectivity index (χ0n) is 13.0. The van der Waals surface area contributed by atoms with Gasteiger partial charge in [-0.25, -0.2) is 0 Å². The van der Waals surface area contributed by atoms with Gasteiger partial charge in [0.05, 0.1) is 0 Å². The van der Waals surface area contributed by atoms with Crippen molar-refractivity contribution in [2.75, 3.05) is 7.05 Å². The van der Waals surface area contributed by atoms with E-state index in [0.29, 0.717) is 17.2 Å². The van der Waals surface area contributed by atoms with Crippen molar-refractivity contribution in [1.82, 2.24) is 4.90 Å². The predicted molar refractivity (Wildman–Crippen MR) is 88.0 cm³/mol. The minimum Gasteiger partial charge on any atom is -0.507 e. The van der Waals surface area contributed by atoms with Crippen LogP contribution in [0.15, 0.2) is 16.6 Å². The van der Waals surface area contributed by atoms with Crippen LogP contribution >= 0.6 is 15.9 Å². The van der Waals surface area contributed by atoms with Crippen LogP contribution in [0, 0.1) is 12.3 Å². The highest BCUT2D eigenvalue weighted by Crippen LogP contribution is 2.37. The summed E-state index contributed by atoms with van der Waals surface area (Å²) < 4.78 is 1.04. The van der Waals surface area contributed by atoms with Crippen molar-refractivity contribution in [3.05, 3.63) is 27.7 Å². The molecule has 0 aromatic heterocycles. The maximum absolute atomic E-state index is 10.2. The largest absolute Gasteiger partial charge is 0.507 e. The molecule has 20 heavy (non-hydrogen) atoms. The molecule has 3 heteroatoms. The fourth-order valence-corrected chi connectivity index (χ4v) is 3.77. The Morgan fingerprint density at radius 3 is 2.50 bits per heavy atom. The first-order chi connectivity index (χ1) is 9.28. The van der Waals surface area contributed by atoms with E-state index in [0.717, 1.165) is 22.1 Å². The van der Waals surface area contributed by atoms with Crippen LogP contribution in [-0.2, 0) is 6.54 Å². The molecule has 0 atom stereocenters. The van der Waals surface area contributed by atoms with Gasteiger partial charge < -0.3 is 5.11 Å². The molecule has 1 fully saturated rings. The first kappa shape index (κ1) is 15.8. The standard InChI is InChI=1S/C17H26BrNO/c1-12-9-14(18)10-13(16(12)20)11-19(4)15-5-7-17(2,3)8-6-15/h9-10,15,20H,5-8,11H2,1-4H3. The number of aryl methyl sites for hydroxylation is 1. The Morgan fingerprint density at radius 1 is 1.30 bits per heavy atom. The van der Waals surface area contributed by atoms with Crippen molar-refractivity contribution in [2.45, 2.75) is 59.0 Å². The Hall–Kier alpha value is -0.540. The van der Waals surface area contributed by atoms with Crippen molar-refractivity contribution in [3.8, 4) is 5.75 Å².